The second-order valence-corrected chi connectivity index (χ2v) is 10.2. The van der Waals surface area contributed by atoms with Gasteiger partial charge in [0.1, 0.15) is 5.69 Å². The van der Waals surface area contributed by atoms with E-state index in [1.165, 1.54) is 12.3 Å². The van der Waals surface area contributed by atoms with Gasteiger partial charge in [-0.1, -0.05) is 60.7 Å². The maximum atomic E-state index is 14.0. The number of carbonyl (C=O) groups is 1. The predicted molar refractivity (Wildman–Crippen MR) is 146 cm³/mol. The number of fused-ring (bicyclic) bond motifs is 1. The van der Waals surface area contributed by atoms with Crippen LogP contribution in [0.25, 0.3) is 17.1 Å². The highest BCUT2D eigenvalue weighted by atomic mass is 79.9. The molecule has 1 aliphatic rings. The first-order chi connectivity index (χ1) is 19.3. The second-order valence-electron chi connectivity index (χ2n) is 9.45. The van der Waals surface area contributed by atoms with Crippen LogP contribution in [-0.2, 0) is 6.18 Å². The van der Waals surface area contributed by atoms with E-state index in [4.69, 9.17) is 4.42 Å². The molecule has 4 heterocycles. The summed E-state index contributed by atoms with van der Waals surface area (Å²) in [6, 6.07) is 24.3. The van der Waals surface area contributed by atoms with Gasteiger partial charge in [-0.2, -0.15) is 18.3 Å². The first-order valence-corrected chi connectivity index (χ1v) is 13.4. The number of piperazine rings is 1. The molecule has 0 atom stereocenters. The summed E-state index contributed by atoms with van der Waals surface area (Å²) >= 11 is 3.31. The number of rotatable bonds is 5. The molecule has 0 radical (unpaired) electrons. The fourth-order valence-electron chi connectivity index (χ4n) is 5.10. The van der Waals surface area contributed by atoms with Crippen LogP contribution < -0.4 is 0 Å². The molecule has 2 aromatic carbocycles. The summed E-state index contributed by atoms with van der Waals surface area (Å²) in [5.74, 6) is -0.280. The summed E-state index contributed by atoms with van der Waals surface area (Å²) in [6.45, 7) is 1.96. The average molecular weight is 610 g/mol. The van der Waals surface area contributed by atoms with Gasteiger partial charge in [0.05, 0.1) is 16.8 Å². The monoisotopic (exact) mass is 609 g/mol. The van der Waals surface area contributed by atoms with Gasteiger partial charge in [-0.15, -0.1) is 0 Å². The van der Waals surface area contributed by atoms with Crippen LogP contribution in [0.1, 0.15) is 33.4 Å². The molecule has 1 fully saturated rings. The van der Waals surface area contributed by atoms with E-state index in [1.807, 2.05) is 36.4 Å². The van der Waals surface area contributed by atoms with Crippen molar-refractivity contribution in [1.29, 1.82) is 0 Å². The Bertz CT molecular complexity index is 1590. The van der Waals surface area contributed by atoms with Crippen molar-refractivity contribution in [3.8, 4) is 11.5 Å². The van der Waals surface area contributed by atoms with Crippen molar-refractivity contribution < 1.29 is 22.4 Å². The van der Waals surface area contributed by atoms with Gasteiger partial charge in [-0.05, 0) is 45.3 Å². The van der Waals surface area contributed by atoms with Crippen LogP contribution in [0.15, 0.2) is 94.0 Å². The molecule has 6 rings (SSSR count). The van der Waals surface area contributed by atoms with Gasteiger partial charge in [0, 0.05) is 26.2 Å². The molecule has 5 aromatic rings. The summed E-state index contributed by atoms with van der Waals surface area (Å²) in [5.41, 5.74) is 0.999. The highest BCUT2D eigenvalue weighted by molar-refractivity contribution is 9.10. The first-order valence-electron chi connectivity index (χ1n) is 12.6. The minimum absolute atomic E-state index is 0.00842. The molecule has 0 saturated carbocycles. The van der Waals surface area contributed by atoms with E-state index in [0.29, 0.717) is 30.7 Å². The lowest BCUT2D eigenvalue weighted by Gasteiger charge is -2.39. The van der Waals surface area contributed by atoms with Crippen LogP contribution in [-0.4, -0.2) is 56.5 Å². The fourth-order valence-corrected chi connectivity index (χ4v) is 5.60. The van der Waals surface area contributed by atoms with E-state index in [2.05, 4.69) is 55.2 Å². The summed E-state index contributed by atoms with van der Waals surface area (Å²) in [6.07, 6.45) is -3.38. The van der Waals surface area contributed by atoms with Gasteiger partial charge in [-0.25, -0.2) is 9.50 Å². The molecular formula is C29H23BrF3N5O2. The molecule has 7 nitrogen and oxygen atoms in total. The number of furan rings is 1. The van der Waals surface area contributed by atoms with E-state index < -0.39 is 17.8 Å². The van der Waals surface area contributed by atoms with Gasteiger partial charge < -0.3 is 9.32 Å². The molecule has 204 valence electrons. The van der Waals surface area contributed by atoms with Crippen LogP contribution in [0.5, 0.6) is 0 Å². The Hall–Kier alpha value is -3.96. The predicted octanol–water partition coefficient (Wildman–Crippen LogP) is 6.32. The third-order valence-electron chi connectivity index (χ3n) is 7.00. The van der Waals surface area contributed by atoms with Crippen molar-refractivity contribution in [2.24, 2.45) is 0 Å². The Balaban J connectivity index is 1.28. The Morgan fingerprint density at radius 1 is 0.900 bits per heavy atom. The van der Waals surface area contributed by atoms with Crippen LogP contribution >= 0.6 is 15.9 Å². The normalized spacial score (nSPS) is 14.8. The summed E-state index contributed by atoms with van der Waals surface area (Å²) in [5, 5.41) is 4.08. The fraction of sp³-hybridized carbons (Fsp3) is 0.207. The zero-order valence-electron chi connectivity index (χ0n) is 21.1. The number of alkyl halides is 3. The lowest BCUT2D eigenvalue weighted by atomic mass is 9.96. The molecule has 0 bridgehead atoms. The summed E-state index contributed by atoms with van der Waals surface area (Å²) in [4.78, 5) is 21.8. The lowest BCUT2D eigenvalue weighted by Crippen LogP contribution is -2.50. The Morgan fingerprint density at radius 3 is 2.08 bits per heavy atom. The van der Waals surface area contributed by atoms with Crippen molar-refractivity contribution in [1.82, 2.24) is 24.4 Å². The third-order valence-corrected chi connectivity index (χ3v) is 7.73. The van der Waals surface area contributed by atoms with Crippen LogP contribution in [0.3, 0.4) is 0 Å². The van der Waals surface area contributed by atoms with Crippen molar-refractivity contribution in [2.45, 2.75) is 12.2 Å². The number of hydrogen-bond acceptors (Lipinski definition) is 5. The molecule has 0 spiro atoms. The maximum Gasteiger partial charge on any atom is 0.433 e. The quantitative estimate of drug-likeness (QED) is 0.233. The molecule has 11 heteroatoms. The number of aromatic nitrogens is 3. The average Bonchev–Trinajstić information content (AvgIpc) is 3.62. The van der Waals surface area contributed by atoms with Gasteiger partial charge in [0.15, 0.2) is 22.8 Å². The maximum absolute atomic E-state index is 14.0. The van der Waals surface area contributed by atoms with Gasteiger partial charge in [-0.3, -0.25) is 9.69 Å². The van der Waals surface area contributed by atoms with Gasteiger partial charge in [0.2, 0.25) is 0 Å². The summed E-state index contributed by atoms with van der Waals surface area (Å²) < 4.78 is 48.0. The molecular weight excluding hydrogens is 587 g/mol. The molecule has 1 saturated heterocycles. The van der Waals surface area contributed by atoms with E-state index in [0.717, 1.165) is 17.2 Å². The van der Waals surface area contributed by atoms with Crippen molar-refractivity contribution in [3.63, 3.8) is 0 Å². The molecule has 40 heavy (non-hydrogen) atoms. The van der Waals surface area contributed by atoms with E-state index in [1.54, 1.807) is 11.0 Å². The Morgan fingerprint density at radius 2 is 1.52 bits per heavy atom. The minimum atomic E-state index is -4.73. The Kier molecular flexibility index (Phi) is 6.93. The largest absolute Gasteiger partial charge is 0.463 e. The summed E-state index contributed by atoms with van der Waals surface area (Å²) in [7, 11) is 0. The van der Waals surface area contributed by atoms with Gasteiger partial charge in [0.25, 0.3) is 5.91 Å². The zero-order chi connectivity index (χ0) is 27.9. The van der Waals surface area contributed by atoms with E-state index in [-0.39, 0.29) is 33.3 Å². The number of carbonyl (C=O) groups excluding carboxylic acids is 1. The highest BCUT2D eigenvalue weighted by Crippen LogP contribution is 2.35. The zero-order valence-corrected chi connectivity index (χ0v) is 22.6. The number of benzene rings is 2. The van der Waals surface area contributed by atoms with E-state index in [9.17, 15) is 18.0 Å². The van der Waals surface area contributed by atoms with Crippen molar-refractivity contribution in [3.05, 3.63) is 112 Å². The first kappa shape index (κ1) is 26.3. The van der Waals surface area contributed by atoms with Crippen LogP contribution in [0.2, 0.25) is 0 Å². The van der Waals surface area contributed by atoms with Gasteiger partial charge >= 0.3 is 6.18 Å². The SMILES string of the molecule is O=C(c1nn2c(C(F)(F)F)cc(-c3ccco3)nc2c1Br)N1CCN(C(c2ccccc2)c2ccccc2)CC1. The molecule has 1 aliphatic heterocycles. The highest BCUT2D eigenvalue weighted by Gasteiger charge is 2.38. The smallest absolute Gasteiger partial charge is 0.433 e. The number of hydrogen-bond donors (Lipinski definition) is 0. The topological polar surface area (TPSA) is 66.9 Å². The second kappa shape index (κ2) is 10.5. The minimum Gasteiger partial charge on any atom is -0.463 e. The molecule has 0 unspecified atom stereocenters. The van der Waals surface area contributed by atoms with Crippen LogP contribution in [0, 0.1) is 0 Å². The van der Waals surface area contributed by atoms with E-state index >= 15 is 0 Å². The molecule has 0 N–H and O–H groups in total. The standard InChI is InChI=1S/C29H23BrF3N5O2/c30-24-25(35-38-23(29(31,32)33)18-21(34-27(24)38)22-12-7-17-40-22)28(39)37-15-13-36(14-16-37)26(19-8-3-1-4-9-19)20-10-5-2-6-11-20/h1-12,17-18,26H,13-16H2. The van der Waals surface area contributed by atoms with Crippen LogP contribution in [0.4, 0.5) is 13.2 Å². The third kappa shape index (κ3) is 4.90. The lowest BCUT2D eigenvalue weighted by molar-refractivity contribution is -0.142. The molecule has 1 amide bonds. The van der Waals surface area contributed by atoms with Crippen molar-refractivity contribution in [2.75, 3.05) is 26.2 Å². The number of halogens is 4. The molecule has 0 aliphatic carbocycles. The van der Waals surface area contributed by atoms with Crippen molar-refractivity contribution >= 4 is 27.5 Å². The Labute approximate surface area is 236 Å². The number of amides is 1. The molecule has 3 aromatic heterocycles. The number of nitrogens with zero attached hydrogens (tertiary/aromatic N) is 5.